The first-order valence-electron chi connectivity index (χ1n) is 8.96. The molecule has 0 spiro atoms. The van der Waals surface area contributed by atoms with Gasteiger partial charge in [-0.15, -0.1) is 0 Å². The fraction of sp³-hybridized carbons (Fsp3) is 0.895. The number of allylic oxidation sites excluding steroid dienone is 2. The lowest BCUT2D eigenvalue weighted by atomic mass is 9.69. The maximum Gasteiger partial charge on any atom is 0.0866 e. The Hall–Kier alpha value is -0.380. The minimum Gasteiger partial charge on any atom is -0.393 e. The average molecular weight is 308 g/mol. The highest BCUT2D eigenvalue weighted by molar-refractivity contribution is 5.12. The lowest BCUT2D eigenvalue weighted by Gasteiger charge is -2.40. The Balaban J connectivity index is 1.90. The smallest absolute Gasteiger partial charge is 0.0866 e. The molecule has 0 aromatic heterocycles. The largest absolute Gasteiger partial charge is 0.393 e. The second kappa shape index (κ2) is 5.61. The van der Waals surface area contributed by atoms with Crippen LogP contribution >= 0.6 is 0 Å². The van der Waals surface area contributed by atoms with Crippen LogP contribution < -0.4 is 0 Å². The first-order chi connectivity index (χ1) is 10.2. The highest BCUT2D eigenvalue weighted by Crippen LogP contribution is 2.54. The van der Waals surface area contributed by atoms with Crippen molar-refractivity contribution in [3.05, 3.63) is 12.2 Å². The first-order valence-corrected chi connectivity index (χ1v) is 8.96. The van der Waals surface area contributed by atoms with Crippen molar-refractivity contribution in [2.24, 2.45) is 23.2 Å². The number of epoxide rings is 1. The Morgan fingerprint density at radius 1 is 1.18 bits per heavy atom. The molecule has 22 heavy (non-hydrogen) atoms. The molecular formula is C19H32O3. The number of aliphatic hydroxyl groups excluding tert-OH is 1. The van der Waals surface area contributed by atoms with Crippen LogP contribution in [-0.4, -0.2) is 34.1 Å². The molecule has 3 nitrogen and oxygen atoms in total. The molecule has 2 N–H and O–H groups in total. The minimum atomic E-state index is -0.743. The van der Waals surface area contributed by atoms with E-state index < -0.39 is 11.7 Å². The molecule has 3 aliphatic rings. The number of ether oxygens (including phenoxy) is 1. The summed E-state index contributed by atoms with van der Waals surface area (Å²) in [6, 6.07) is 0. The van der Waals surface area contributed by atoms with Gasteiger partial charge in [0.15, 0.2) is 0 Å². The first kappa shape index (κ1) is 16.5. The van der Waals surface area contributed by atoms with E-state index in [-0.39, 0.29) is 23.4 Å². The van der Waals surface area contributed by atoms with E-state index in [2.05, 4.69) is 26.0 Å². The molecule has 7 atom stereocenters. The van der Waals surface area contributed by atoms with Crippen LogP contribution in [0.15, 0.2) is 12.2 Å². The van der Waals surface area contributed by atoms with Crippen molar-refractivity contribution >= 4 is 0 Å². The summed E-state index contributed by atoms with van der Waals surface area (Å²) in [6.45, 7) is 8.32. The van der Waals surface area contributed by atoms with E-state index in [9.17, 15) is 10.2 Å². The fourth-order valence-corrected chi connectivity index (χ4v) is 4.90. The summed E-state index contributed by atoms with van der Waals surface area (Å²) in [6.07, 6.45) is 9.85. The zero-order valence-corrected chi connectivity index (χ0v) is 14.5. The molecule has 3 rings (SSSR count). The van der Waals surface area contributed by atoms with Crippen molar-refractivity contribution in [1.29, 1.82) is 0 Å². The molecule has 7 unspecified atom stereocenters. The molecule has 2 aliphatic carbocycles. The Bertz CT molecular complexity index is 438. The lowest BCUT2D eigenvalue weighted by molar-refractivity contribution is -0.0547. The van der Waals surface area contributed by atoms with Crippen molar-refractivity contribution in [1.82, 2.24) is 0 Å². The van der Waals surface area contributed by atoms with Crippen LogP contribution in [0.4, 0.5) is 0 Å². The zero-order valence-electron chi connectivity index (χ0n) is 14.5. The van der Waals surface area contributed by atoms with E-state index in [1.807, 2.05) is 13.8 Å². The third-order valence-electron chi connectivity index (χ3n) is 6.38. The Labute approximate surface area is 134 Å². The zero-order chi connectivity index (χ0) is 16.1. The monoisotopic (exact) mass is 308 g/mol. The summed E-state index contributed by atoms with van der Waals surface area (Å²) in [4.78, 5) is 0. The van der Waals surface area contributed by atoms with Gasteiger partial charge in [0.05, 0.1) is 23.9 Å². The highest BCUT2D eigenvalue weighted by atomic mass is 16.6. The second-order valence-corrected chi connectivity index (χ2v) is 8.76. The summed E-state index contributed by atoms with van der Waals surface area (Å²) in [5.74, 6) is 0.808. The lowest BCUT2D eigenvalue weighted by Crippen LogP contribution is -2.43. The predicted octanol–water partition coefficient (Wildman–Crippen LogP) is 3.29. The molecule has 0 aromatic rings. The van der Waals surface area contributed by atoms with Gasteiger partial charge in [0.25, 0.3) is 0 Å². The number of rotatable bonds is 1. The van der Waals surface area contributed by atoms with Crippen molar-refractivity contribution in [2.75, 3.05) is 0 Å². The number of fused-ring (bicyclic) bond motifs is 2. The Morgan fingerprint density at radius 2 is 1.91 bits per heavy atom. The SMILES string of the molecule is CC1C=CC2(C)CCC(C(C)(C)O)C2C(O)CC2OC2CC1. The molecule has 0 radical (unpaired) electrons. The van der Waals surface area contributed by atoms with Crippen LogP contribution in [0, 0.1) is 23.2 Å². The van der Waals surface area contributed by atoms with Crippen LogP contribution in [0.3, 0.4) is 0 Å². The normalized spacial score (nSPS) is 49.2. The van der Waals surface area contributed by atoms with E-state index >= 15 is 0 Å². The van der Waals surface area contributed by atoms with Gasteiger partial charge in [-0.25, -0.2) is 0 Å². The summed E-state index contributed by atoms with van der Waals surface area (Å²) >= 11 is 0. The van der Waals surface area contributed by atoms with Crippen molar-refractivity contribution in [3.8, 4) is 0 Å². The van der Waals surface area contributed by atoms with Gasteiger partial charge >= 0.3 is 0 Å². The van der Waals surface area contributed by atoms with Crippen LogP contribution in [0.2, 0.25) is 0 Å². The van der Waals surface area contributed by atoms with Gasteiger partial charge < -0.3 is 14.9 Å². The van der Waals surface area contributed by atoms with E-state index in [0.717, 1.165) is 32.1 Å². The number of hydrogen-bond donors (Lipinski definition) is 2. The topological polar surface area (TPSA) is 53.0 Å². The van der Waals surface area contributed by atoms with E-state index in [4.69, 9.17) is 4.74 Å². The second-order valence-electron chi connectivity index (χ2n) is 8.76. The van der Waals surface area contributed by atoms with Gasteiger partial charge in [-0.2, -0.15) is 0 Å². The van der Waals surface area contributed by atoms with E-state index in [0.29, 0.717) is 12.0 Å². The van der Waals surface area contributed by atoms with Gasteiger partial charge in [-0.1, -0.05) is 26.0 Å². The van der Waals surface area contributed by atoms with E-state index in [1.54, 1.807) is 0 Å². The van der Waals surface area contributed by atoms with Crippen LogP contribution in [0.1, 0.15) is 59.8 Å². The van der Waals surface area contributed by atoms with Gasteiger partial charge in [-0.3, -0.25) is 0 Å². The number of hydrogen-bond acceptors (Lipinski definition) is 3. The van der Waals surface area contributed by atoms with Gasteiger partial charge in [0.1, 0.15) is 0 Å². The highest BCUT2D eigenvalue weighted by Gasteiger charge is 2.53. The van der Waals surface area contributed by atoms with Crippen LogP contribution in [0.5, 0.6) is 0 Å². The Kier molecular flexibility index (Phi) is 4.20. The van der Waals surface area contributed by atoms with Crippen LogP contribution in [-0.2, 0) is 4.74 Å². The maximum atomic E-state index is 10.9. The standard InChI is InChI=1S/C19H32O3/c1-12-5-6-15-16(22-15)11-14(20)17-13(18(2,3)21)8-10-19(17,4)9-7-12/h7,9,12-17,20-21H,5-6,8,10-11H2,1-4H3. The molecule has 0 amide bonds. The molecule has 1 aliphatic heterocycles. The molecule has 1 heterocycles. The molecule has 1 saturated carbocycles. The quantitative estimate of drug-likeness (QED) is 0.577. The summed E-state index contributed by atoms with van der Waals surface area (Å²) in [5.41, 5.74) is -0.764. The summed E-state index contributed by atoms with van der Waals surface area (Å²) < 4.78 is 5.76. The summed E-state index contributed by atoms with van der Waals surface area (Å²) in [5, 5.41) is 21.5. The van der Waals surface area contributed by atoms with Crippen molar-refractivity contribution in [3.63, 3.8) is 0 Å². The van der Waals surface area contributed by atoms with Crippen molar-refractivity contribution < 1.29 is 14.9 Å². The minimum absolute atomic E-state index is 0.0208. The number of aliphatic hydroxyl groups is 2. The summed E-state index contributed by atoms with van der Waals surface area (Å²) in [7, 11) is 0. The molecule has 0 aromatic carbocycles. The fourth-order valence-electron chi connectivity index (χ4n) is 4.90. The molecule has 2 fully saturated rings. The molecule has 1 saturated heterocycles. The van der Waals surface area contributed by atoms with Gasteiger partial charge in [0.2, 0.25) is 0 Å². The van der Waals surface area contributed by atoms with Crippen LogP contribution in [0.25, 0.3) is 0 Å². The van der Waals surface area contributed by atoms with Gasteiger partial charge in [-0.05, 0) is 62.7 Å². The van der Waals surface area contributed by atoms with Crippen molar-refractivity contribution in [2.45, 2.75) is 83.7 Å². The average Bonchev–Trinajstić information content (AvgIpc) is 3.04. The van der Waals surface area contributed by atoms with Gasteiger partial charge in [0, 0.05) is 6.42 Å². The molecule has 3 heteroatoms. The molecule has 0 bridgehead atoms. The maximum absolute atomic E-state index is 10.9. The predicted molar refractivity (Wildman–Crippen MR) is 87.4 cm³/mol. The molecular weight excluding hydrogens is 276 g/mol. The van der Waals surface area contributed by atoms with E-state index in [1.165, 1.54) is 0 Å². The molecule has 126 valence electrons. The third kappa shape index (κ3) is 3.13. The Morgan fingerprint density at radius 3 is 2.59 bits per heavy atom. The third-order valence-corrected chi connectivity index (χ3v) is 6.38.